The fourth-order valence-electron chi connectivity index (χ4n) is 4.57. The van der Waals surface area contributed by atoms with Gasteiger partial charge in [0.25, 0.3) is 17.7 Å². The van der Waals surface area contributed by atoms with E-state index in [1.54, 1.807) is 48.5 Å². The van der Waals surface area contributed by atoms with Gasteiger partial charge in [0.15, 0.2) is 5.69 Å². The summed E-state index contributed by atoms with van der Waals surface area (Å²) in [7, 11) is 0. The molecule has 2 heterocycles. The van der Waals surface area contributed by atoms with Gasteiger partial charge in [-0.05, 0) is 76.2 Å². The molecule has 1 saturated heterocycles. The third-order valence-corrected chi connectivity index (χ3v) is 6.59. The van der Waals surface area contributed by atoms with E-state index in [0.717, 1.165) is 25.9 Å². The molecule has 1 aliphatic rings. The number of carbonyl (C=O) groups excluding carboxylic acids is 3. The summed E-state index contributed by atoms with van der Waals surface area (Å²) in [6, 6.07) is 13.6. The monoisotopic (exact) mass is 522 g/mol. The summed E-state index contributed by atoms with van der Waals surface area (Å²) in [4.78, 5) is 44.5. The number of anilines is 1. The molecule has 2 aromatic carbocycles. The summed E-state index contributed by atoms with van der Waals surface area (Å²) < 4.78 is 1.52. The predicted molar refractivity (Wildman–Crippen MR) is 143 cm³/mol. The van der Waals surface area contributed by atoms with Crippen LogP contribution in [0.25, 0.3) is 5.69 Å². The lowest BCUT2D eigenvalue weighted by molar-refractivity contribution is 0.0861. The molecular weight excluding hydrogens is 492 g/mol. The first kappa shape index (κ1) is 26.4. The van der Waals surface area contributed by atoms with Crippen molar-refractivity contribution >= 4 is 35.0 Å². The van der Waals surface area contributed by atoms with E-state index >= 15 is 0 Å². The second-order valence-corrected chi connectivity index (χ2v) is 10.2. The minimum atomic E-state index is -0.790. The summed E-state index contributed by atoms with van der Waals surface area (Å²) in [6.07, 6.45) is 4.92. The number of hydrogen-bond acceptors (Lipinski definition) is 5. The van der Waals surface area contributed by atoms with Crippen LogP contribution in [0.15, 0.2) is 54.9 Å². The van der Waals surface area contributed by atoms with Gasteiger partial charge in [-0.3, -0.25) is 19.0 Å². The second kappa shape index (κ2) is 11.1. The van der Waals surface area contributed by atoms with Crippen LogP contribution in [0.1, 0.15) is 64.4 Å². The van der Waals surface area contributed by atoms with Gasteiger partial charge < -0.3 is 21.3 Å². The van der Waals surface area contributed by atoms with Gasteiger partial charge in [0.1, 0.15) is 12.0 Å². The SMILES string of the molecule is CC(C)(CN1CCCCC1)NC(=O)c1c(C(N)=O)ncn1-c1ccc(NC(=O)c2ccccc2Cl)cc1. The van der Waals surface area contributed by atoms with Gasteiger partial charge in [-0.1, -0.05) is 30.2 Å². The molecule has 0 radical (unpaired) electrons. The number of imidazole rings is 1. The highest BCUT2D eigenvalue weighted by Crippen LogP contribution is 2.21. The lowest BCUT2D eigenvalue weighted by Gasteiger charge is -2.35. The zero-order valence-electron chi connectivity index (χ0n) is 21.0. The highest BCUT2D eigenvalue weighted by molar-refractivity contribution is 6.34. The average Bonchev–Trinajstić information content (AvgIpc) is 3.31. The first-order chi connectivity index (χ1) is 17.6. The Morgan fingerprint density at radius 3 is 2.32 bits per heavy atom. The Kier molecular flexibility index (Phi) is 7.94. The molecule has 1 fully saturated rings. The summed E-state index contributed by atoms with van der Waals surface area (Å²) >= 11 is 6.12. The summed E-state index contributed by atoms with van der Waals surface area (Å²) in [5.74, 6) is -1.57. The number of aromatic nitrogens is 2. The second-order valence-electron chi connectivity index (χ2n) is 9.83. The minimum Gasteiger partial charge on any atom is -0.364 e. The maximum Gasteiger partial charge on any atom is 0.271 e. The van der Waals surface area contributed by atoms with E-state index in [-0.39, 0.29) is 17.3 Å². The van der Waals surface area contributed by atoms with Crippen molar-refractivity contribution in [1.29, 1.82) is 0 Å². The van der Waals surface area contributed by atoms with Crippen molar-refractivity contribution < 1.29 is 14.4 Å². The Labute approximate surface area is 221 Å². The molecule has 0 bridgehead atoms. The number of likely N-dealkylation sites (tertiary alicyclic amines) is 1. The number of nitrogens with zero attached hydrogens (tertiary/aromatic N) is 3. The third kappa shape index (κ3) is 6.36. The fourth-order valence-corrected chi connectivity index (χ4v) is 4.79. The molecule has 3 aromatic rings. The molecule has 0 saturated carbocycles. The summed E-state index contributed by atoms with van der Waals surface area (Å²) in [5.41, 5.74) is 6.44. The highest BCUT2D eigenvalue weighted by Gasteiger charge is 2.30. The van der Waals surface area contributed by atoms with Crippen molar-refractivity contribution in [3.05, 3.63) is 76.8 Å². The number of amides is 3. The normalized spacial score (nSPS) is 14.2. The van der Waals surface area contributed by atoms with Crippen molar-refractivity contribution in [3.8, 4) is 5.69 Å². The first-order valence-electron chi connectivity index (χ1n) is 12.2. The Morgan fingerprint density at radius 1 is 1.00 bits per heavy atom. The lowest BCUT2D eigenvalue weighted by atomic mass is 10.0. The molecule has 9 nitrogen and oxygen atoms in total. The quantitative estimate of drug-likeness (QED) is 0.414. The van der Waals surface area contributed by atoms with Crippen molar-refractivity contribution in [1.82, 2.24) is 19.8 Å². The topological polar surface area (TPSA) is 122 Å². The van der Waals surface area contributed by atoms with Crippen LogP contribution in [0.4, 0.5) is 5.69 Å². The van der Waals surface area contributed by atoms with Gasteiger partial charge in [-0.15, -0.1) is 0 Å². The number of nitrogens with one attached hydrogen (secondary N) is 2. The number of hydrogen-bond donors (Lipinski definition) is 3. The van der Waals surface area contributed by atoms with Gasteiger partial charge in [0.05, 0.1) is 10.6 Å². The Hall–Kier alpha value is -3.69. The molecular formula is C27H31ClN6O3. The van der Waals surface area contributed by atoms with Crippen LogP contribution >= 0.6 is 11.6 Å². The molecule has 4 rings (SSSR count). The van der Waals surface area contributed by atoms with E-state index in [1.165, 1.54) is 17.3 Å². The smallest absolute Gasteiger partial charge is 0.271 e. The maximum absolute atomic E-state index is 13.4. The molecule has 194 valence electrons. The number of nitrogens with two attached hydrogens (primary N) is 1. The van der Waals surface area contributed by atoms with E-state index in [2.05, 4.69) is 20.5 Å². The number of piperidine rings is 1. The zero-order valence-corrected chi connectivity index (χ0v) is 21.7. The van der Waals surface area contributed by atoms with Crippen LogP contribution in [0, 0.1) is 0 Å². The Balaban J connectivity index is 1.54. The maximum atomic E-state index is 13.4. The van der Waals surface area contributed by atoms with Gasteiger partial charge in [-0.25, -0.2) is 4.98 Å². The molecule has 3 amide bonds. The molecule has 1 aromatic heterocycles. The van der Waals surface area contributed by atoms with Crippen LogP contribution in [0.2, 0.25) is 5.02 Å². The third-order valence-electron chi connectivity index (χ3n) is 6.26. The number of rotatable bonds is 8. The van der Waals surface area contributed by atoms with E-state index in [0.29, 0.717) is 28.5 Å². The number of carbonyl (C=O) groups is 3. The van der Waals surface area contributed by atoms with E-state index in [9.17, 15) is 14.4 Å². The largest absolute Gasteiger partial charge is 0.364 e. The number of primary amides is 1. The average molecular weight is 523 g/mol. The van der Waals surface area contributed by atoms with Crippen LogP contribution in [-0.2, 0) is 0 Å². The van der Waals surface area contributed by atoms with Crippen molar-refractivity contribution in [2.24, 2.45) is 5.73 Å². The van der Waals surface area contributed by atoms with Crippen LogP contribution in [-0.4, -0.2) is 57.3 Å². The summed E-state index contributed by atoms with van der Waals surface area (Å²) in [6.45, 7) is 6.62. The highest BCUT2D eigenvalue weighted by atomic mass is 35.5. The van der Waals surface area contributed by atoms with Crippen LogP contribution in [0.5, 0.6) is 0 Å². The molecule has 10 heteroatoms. The molecule has 0 unspecified atom stereocenters. The van der Waals surface area contributed by atoms with Gasteiger partial charge in [-0.2, -0.15) is 0 Å². The Bertz CT molecular complexity index is 1300. The van der Waals surface area contributed by atoms with Crippen LogP contribution in [0.3, 0.4) is 0 Å². The van der Waals surface area contributed by atoms with E-state index in [4.69, 9.17) is 17.3 Å². The number of halogens is 1. The minimum absolute atomic E-state index is 0.0621. The molecule has 4 N–H and O–H groups in total. The van der Waals surface area contributed by atoms with Crippen molar-refractivity contribution in [2.75, 3.05) is 25.0 Å². The number of benzene rings is 2. The zero-order chi connectivity index (χ0) is 26.6. The molecule has 0 aliphatic carbocycles. The lowest BCUT2D eigenvalue weighted by Crippen LogP contribution is -2.52. The van der Waals surface area contributed by atoms with Gasteiger partial charge >= 0.3 is 0 Å². The van der Waals surface area contributed by atoms with Gasteiger partial charge in [0, 0.05) is 23.5 Å². The van der Waals surface area contributed by atoms with Gasteiger partial charge in [0.2, 0.25) is 0 Å². The van der Waals surface area contributed by atoms with Crippen molar-refractivity contribution in [2.45, 2.75) is 38.6 Å². The van der Waals surface area contributed by atoms with Crippen molar-refractivity contribution in [3.63, 3.8) is 0 Å². The molecule has 0 spiro atoms. The first-order valence-corrected chi connectivity index (χ1v) is 12.6. The predicted octanol–water partition coefficient (Wildman–Crippen LogP) is 3.87. The molecule has 1 aliphatic heterocycles. The fraction of sp³-hybridized carbons (Fsp3) is 0.333. The van der Waals surface area contributed by atoms with E-state index in [1.807, 2.05) is 13.8 Å². The summed E-state index contributed by atoms with van der Waals surface area (Å²) in [5, 5.41) is 6.21. The van der Waals surface area contributed by atoms with E-state index < -0.39 is 17.4 Å². The standard InChI is InChI=1S/C27H31ClN6O3/c1-27(2,16-33-14-6-3-7-15-33)32-26(37)23-22(24(29)35)30-17-34(23)19-12-10-18(11-13-19)31-25(36)20-8-4-5-9-21(20)28/h4-5,8-13,17H,3,6-7,14-16H2,1-2H3,(H2,29,35)(H,31,36)(H,32,37). The molecule has 37 heavy (non-hydrogen) atoms. The molecule has 0 atom stereocenters. The Morgan fingerprint density at radius 2 is 1.68 bits per heavy atom. The van der Waals surface area contributed by atoms with Crippen LogP contribution < -0.4 is 16.4 Å².